The van der Waals surface area contributed by atoms with Crippen LogP contribution in [0.3, 0.4) is 0 Å². The molecule has 0 unspecified atom stereocenters. The number of non-ortho nitro benzene ring substituents is 1. The number of nitrogens with zero attached hydrogens (tertiary/aromatic N) is 3. The van der Waals surface area contributed by atoms with Gasteiger partial charge in [-0.3, -0.25) is 10.1 Å². The minimum Gasteiger partial charge on any atom is -0.300 e. The lowest BCUT2D eigenvalue weighted by molar-refractivity contribution is -0.384. The van der Waals surface area contributed by atoms with Gasteiger partial charge in [-0.05, 0) is 30.7 Å². The number of fused-ring (bicyclic) bond motifs is 1. The number of benzene rings is 1. The highest BCUT2D eigenvalue weighted by atomic mass is 16.6. The van der Waals surface area contributed by atoms with Crippen LogP contribution < -0.4 is 0 Å². The van der Waals surface area contributed by atoms with E-state index in [0.29, 0.717) is 0 Å². The van der Waals surface area contributed by atoms with Crippen molar-refractivity contribution >= 4 is 23.4 Å². The van der Waals surface area contributed by atoms with E-state index in [1.807, 2.05) is 53.9 Å². The predicted molar refractivity (Wildman–Crippen MR) is 82.0 cm³/mol. The molecule has 0 radical (unpaired) electrons. The van der Waals surface area contributed by atoms with E-state index < -0.39 is 4.92 Å². The largest absolute Gasteiger partial charge is 0.300 e. The van der Waals surface area contributed by atoms with Crippen LogP contribution in [0.2, 0.25) is 0 Å². The lowest BCUT2D eigenvalue weighted by Gasteiger charge is -1.96. The molecule has 0 aliphatic rings. The van der Waals surface area contributed by atoms with Crippen LogP contribution in [0.4, 0.5) is 5.69 Å². The minimum atomic E-state index is -0.396. The molecular weight excluding hydrogens is 266 g/mol. The monoisotopic (exact) mass is 279 g/mol. The molecule has 0 aliphatic carbocycles. The van der Waals surface area contributed by atoms with Crippen LogP contribution >= 0.6 is 0 Å². The number of imidazole rings is 1. The van der Waals surface area contributed by atoms with Gasteiger partial charge >= 0.3 is 0 Å². The normalized spacial score (nSPS) is 11.3. The van der Waals surface area contributed by atoms with Crippen molar-refractivity contribution in [1.82, 2.24) is 9.38 Å². The Morgan fingerprint density at radius 1 is 1.19 bits per heavy atom. The van der Waals surface area contributed by atoms with E-state index in [-0.39, 0.29) is 5.69 Å². The van der Waals surface area contributed by atoms with Crippen LogP contribution in [-0.2, 0) is 0 Å². The van der Waals surface area contributed by atoms with Gasteiger partial charge in [0.05, 0.1) is 16.1 Å². The highest BCUT2D eigenvalue weighted by molar-refractivity contribution is 5.70. The molecule has 0 saturated carbocycles. The zero-order chi connectivity index (χ0) is 14.8. The van der Waals surface area contributed by atoms with Crippen molar-refractivity contribution in [2.45, 2.75) is 6.92 Å². The van der Waals surface area contributed by atoms with Gasteiger partial charge in [-0.2, -0.15) is 0 Å². The van der Waals surface area contributed by atoms with E-state index in [0.717, 1.165) is 22.6 Å². The van der Waals surface area contributed by atoms with Crippen LogP contribution in [0.5, 0.6) is 0 Å². The molecule has 0 atom stereocenters. The third kappa shape index (κ3) is 2.53. The molecule has 3 aromatic rings. The second-order valence-corrected chi connectivity index (χ2v) is 4.70. The van der Waals surface area contributed by atoms with Crippen LogP contribution in [0.25, 0.3) is 17.7 Å². The number of rotatable bonds is 3. The molecule has 21 heavy (non-hydrogen) atoms. The summed E-state index contributed by atoms with van der Waals surface area (Å²) in [6, 6.07) is 12.4. The molecule has 3 rings (SSSR count). The highest BCUT2D eigenvalue weighted by Crippen LogP contribution is 2.17. The second kappa shape index (κ2) is 5.20. The first-order valence-corrected chi connectivity index (χ1v) is 6.51. The van der Waals surface area contributed by atoms with Crippen molar-refractivity contribution in [2.75, 3.05) is 0 Å². The highest BCUT2D eigenvalue weighted by Gasteiger charge is 2.05. The molecule has 0 fully saturated rings. The number of nitro benzene ring substituents is 1. The SMILES string of the molecule is Cc1nc(C=Cc2cccc([N+](=O)[O-])c2)n2ccccc12. The zero-order valence-electron chi connectivity index (χ0n) is 11.4. The molecule has 2 heterocycles. The molecule has 0 bridgehead atoms. The van der Waals surface area contributed by atoms with E-state index in [2.05, 4.69) is 4.98 Å². The van der Waals surface area contributed by atoms with Gasteiger partial charge in [0.25, 0.3) is 5.69 Å². The van der Waals surface area contributed by atoms with Crippen molar-refractivity contribution in [1.29, 1.82) is 0 Å². The maximum Gasteiger partial charge on any atom is 0.270 e. The summed E-state index contributed by atoms with van der Waals surface area (Å²) in [5.74, 6) is 0.801. The molecule has 104 valence electrons. The molecule has 5 nitrogen and oxygen atoms in total. The van der Waals surface area contributed by atoms with Crippen molar-refractivity contribution in [2.24, 2.45) is 0 Å². The van der Waals surface area contributed by atoms with Crippen LogP contribution in [0, 0.1) is 17.0 Å². The average molecular weight is 279 g/mol. The molecule has 1 aromatic carbocycles. The van der Waals surface area contributed by atoms with Crippen molar-refractivity contribution in [3.05, 3.63) is 75.9 Å². The summed E-state index contributed by atoms with van der Waals surface area (Å²) in [5, 5.41) is 10.8. The van der Waals surface area contributed by atoms with E-state index in [9.17, 15) is 10.1 Å². The van der Waals surface area contributed by atoms with Gasteiger partial charge in [-0.1, -0.05) is 24.3 Å². The Labute approximate surface area is 121 Å². The van der Waals surface area contributed by atoms with E-state index in [1.165, 1.54) is 6.07 Å². The van der Waals surface area contributed by atoms with E-state index in [4.69, 9.17) is 0 Å². The quantitative estimate of drug-likeness (QED) is 0.542. The van der Waals surface area contributed by atoms with Gasteiger partial charge in [0.2, 0.25) is 0 Å². The number of aromatic nitrogens is 2. The average Bonchev–Trinajstić information content (AvgIpc) is 2.82. The number of hydrogen-bond acceptors (Lipinski definition) is 3. The fraction of sp³-hybridized carbons (Fsp3) is 0.0625. The van der Waals surface area contributed by atoms with Gasteiger partial charge in [0.1, 0.15) is 5.82 Å². The Kier molecular flexibility index (Phi) is 3.23. The second-order valence-electron chi connectivity index (χ2n) is 4.70. The van der Waals surface area contributed by atoms with Crippen molar-refractivity contribution < 1.29 is 4.92 Å². The fourth-order valence-corrected chi connectivity index (χ4v) is 2.25. The number of nitro groups is 1. The smallest absolute Gasteiger partial charge is 0.270 e. The molecular formula is C16H13N3O2. The Morgan fingerprint density at radius 3 is 2.86 bits per heavy atom. The molecule has 5 heteroatoms. The van der Waals surface area contributed by atoms with E-state index in [1.54, 1.807) is 12.1 Å². The molecule has 2 aromatic heterocycles. The van der Waals surface area contributed by atoms with Gasteiger partial charge in [0.15, 0.2) is 0 Å². The summed E-state index contributed by atoms with van der Waals surface area (Å²) < 4.78 is 1.99. The van der Waals surface area contributed by atoms with Gasteiger partial charge in [-0.25, -0.2) is 4.98 Å². The van der Waals surface area contributed by atoms with Gasteiger partial charge < -0.3 is 4.40 Å². The van der Waals surface area contributed by atoms with Crippen molar-refractivity contribution in [3.63, 3.8) is 0 Å². The molecule has 0 aliphatic heterocycles. The first-order valence-electron chi connectivity index (χ1n) is 6.51. The maximum absolute atomic E-state index is 10.8. The summed E-state index contributed by atoms with van der Waals surface area (Å²) in [7, 11) is 0. The fourth-order valence-electron chi connectivity index (χ4n) is 2.25. The van der Waals surface area contributed by atoms with Gasteiger partial charge in [0, 0.05) is 18.3 Å². The minimum absolute atomic E-state index is 0.0845. The maximum atomic E-state index is 10.8. The zero-order valence-corrected chi connectivity index (χ0v) is 11.4. The Balaban J connectivity index is 1.98. The number of aryl methyl sites for hydroxylation is 1. The first kappa shape index (κ1) is 13.1. The third-order valence-corrected chi connectivity index (χ3v) is 3.27. The summed E-state index contributed by atoms with van der Waals surface area (Å²) in [5.41, 5.74) is 2.86. The third-order valence-electron chi connectivity index (χ3n) is 3.27. The number of hydrogen-bond donors (Lipinski definition) is 0. The molecule has 0 spiro atoms. The molecule has 0 amide bonds. The Hall–Kier alpha value is -2.95. The standard InChI is InChI=1S/C16H13N3O2/c1-12-15-7-2-3-10-18(15)16(17-12)9-8-13-5-4-6-14(11-13)19(20)21/h2-11H,1H3. The van der Waals surface area contributed by atoms with Crippen LogP contribution in [-0.4, -0.2) is 14.3 Å². The summed E-state index contributed by atoms with van der Waals surface area (Å²) in [4.78, 5) is 14.9. The van der Waals surface area contributed by atoms with Crippen LogP contribution in [0.15, 0.2) is 48.7 Å². The Bertz CT molecular complexity index is 850. The Morgan fingerprint density at radius 2 is 2.05 bits per heavy atom. The number of pyridine rings is 1. The van der Waals surface area contributed by atoms with Crippen LogP contribution in [0.1, 0.15) is 17.1 Å². The molecule has 0 N–H and O–H groups in total. The summed E-state index contributed by atoms with van der Waals surface area (Å²) >= 11 is 0. The van der Waals surface area contributed by atoms with Crippen molar-refractivity contribution in [3.8, 4) is 0 Å². The van der Waals surface area contributed by atoms with Gasteiger partial charge in [-0.15, -0.1) is 0 Å². The first-order chi connectivity index (χ1) is 10.1. The van der Waals surface area contributed by atoms with E-state index >= 15 is 0 Å². The predicted octanol–water partition coefficient (Wildman–Crippen LogP) is 3.72. The summed E-state index contributed by atoms with van der Waals surface area (Å²) in [6.45, 7) is 1.96. The topological polar surface area (TPSA) is 60.4 Å². The lowest BCUT2D eigenvalue weighted by Crippen LogP contribution is -1.88. The summed E-state index contributed by atoms with van der Waals surface area (Å²) in [6.07, 6.45) is 5.63. The molecule has 0 saturated heterocycles. The lowest BCUT2D eigenvalue weighted by atomic mass is 10.2.